The number of nitrogens with one attached hydrogen (secondary N) is 3. The van der Waals surface area contributed by atoms with Crippen molar-refractivity contribution in [3.63, 3.8) is 0 Å². The Kier molecular flexibility index (Phi) is 6.66. The second kappa shape index (κ2) is 8.95. The predicted molar refractivity (Wildman–Crippen MR) is 120 cm³/mol. The maximum atomic E-state index is 12.8. The molecule has 0 radical (unpaired) electrons. The fraction of sp³-hybridized carbons (Fsp3) is 0.364. The van der Waals surface area contributed by atoms with Gasteiger partial charge in [0.15, 0.2) is 0 Å². The normalized spacial score (nSPS) is 20.4. The van der Waals surface area contributed by atoms with Crippen molar-refractivity contribution in [1.29, 1.82) is 5.41 Å². The molecule has 0 unspecified atom stereocenters. The van der Waals surface area contributed by atoms with Crippen LogP contribution in [0.3, 0.4) is 0 Å². The number of halogens is 2. The standard InChI is InChI=1S/C22H25F2N3O4S/c1-21(2,29)18(25)16-9-13(19(28)27-22(3)11-32(30)12-22)7-8-17(16)26-14-5-4-6-15(10-14)31-20(23)24/h4-10,20,25-26,29H,11-12H2,1-3H3,(H,27,28). The van der Waals surface area contributed by atoms with E-state index in [9.17, 15) is 22.9 Å². The summed E-state index contributed by atoms with van der Waals surface area (Å²) >= 11 is 0. The quantitative estimate of drug-likeness (QED) is 0.447. The molecule has 1 fully saturated rings. The van der Waals surface area contributed by atoms with Gasteiger partial charge in [0, 0.05) is 50.9 Å². The van der Waals surface area contributed by atoms with E-state index in [1.165, 1.54) is 38.1 Å². The molecule has 3 rings (SSSR count). The summed E-state index contributed by atoms with van der Waals surface area (Å²) in [6.07, 6.45) is 0. The second-order valence-electron chi connectivity index (χ2n) is 8.47. The van der Waals surface area contributed by atoms with Crippen LogP contribution in [0.25, 0.3) is 0 Å². The Morgan fingerprint density at radius 1 is 1.25 bits per heavy atom. The molecule has 1 heterocycles. The summed E-state index contributed by atoms with van der Waals surface area (Å²) in [5.41, 5.74) is -0.809. The molecule has 7 nitrogen and oxygen atoms in total. The molecule has 0 aromatic heterocycles. The topological polar surface area (TPSA) is 112 Å². The van der Waals surface area contributed by atoms with Crippen LogP contribution in [0, 0.1) is 5.41 Å². The number of rotatable bonds is 8. The lowest BCUT2D eigenvalue weighted by atomic mass is 9.92. The van der Waals surface area contributed by atoms with Gasteiger partial charge in [-0.3, -0.25) is 9.00 Å². The molecule has 10 heteroatoms. The van der Waals surface area contributed by atoms with E-state index >= 15 is 0 Å². The Hall–Kier alpha value is -2.85. The SMILES string of the molecule is CC1(NC(=O)c2ccc(Nc3cccc(OC(F)F)c3)c(C(=N)C(C)(C)O)c2)CS(=O)C1. The third-order valence-corrected chi connectivity index (χ3v) is 6.79. The van der Waals surface area contributed by atoms with Crippen LogP contribution in [0.4, 0.5) is 20.2 Å². The maximum Gasteiger partial charge on any atom is 0.387 e. The molecule has 0 bridgehead atoms. The Balaban J connectivity index is 1.91. The number of hydrogen-bond acceptors (Lipinski definition) is 6. The Bertz CT molecular complexity index is 1060. The zero-order valence-electron chi connectivity index (χ0n) is 17.9. The van der Waals surface area contributed by atoms with Gasteiger partial charge in [0.2, 0.25) is 0 Å². The number of alkyl halides is 2. The number of carbonyl (C=O) groups is 1. The first-order valence-corrected chi connectivity index (χ1v) is 11.3. The summed E-state index contributed by atoms with van der Waals surface area (Å²) in [6, 6.07) is 10.5. The van der Waals surface area contributed by atoms with E-state index in [0.717, 1.165) is 0 Å². The zero-order valence-corrected chi connectivity index (χ0v) is 18.7. The minimum Gasteiger partial charge on any atom is -0.435 e. The molecule has 0 saturated carbocycles. The average molecular weight is 466 g/mol. The summed E-state index contributed by atoms with van der Waals surface area (Å²) in [4.78, 5) is 12.8. The van der Waals surface area contributed by atoms with Gasteiger partial charge in [0.25, 0.3) is 5.91 Å². The lowest BCUT2D eigenvalue weighted by molar-refractivity contribution is -0.0498. The highest BCUT2D eigenvalue weighted by atomic mass is 32.2. The Labute approximate surface area is 187 Å². The second-order valence-corrected chi connectivity index (χ2v) is 9.93. The molecular weight excluding hydrogens is 440 g/mol. The fourth-order valence-electron chi connectivity index (χ4n) is 3.32. The minimum atomic E-state index is -2.96. The number of anilines is 2. The molecule has 0 aliphatic carbocycles. The largest absolute Gasteiger partial charge is 0.435 e. The average Bonchev–Trinajstić information content (AvgIpc) is 2.65. The first kappa shape index (κ1) is 23.8. The summed E-state index contributed by atoms with van der Waals surface area (Å²) in [5, 5.41) is 24.7. The van der Waals surface area contributed by atoms with Gasteiger partial charge < -0.3 is 25.9 Å². The predicted octanol–water partition coefficient (Wildman–Crippen LogP) is 3.42. The molecule has 1 aliphatic rings. The van der Waals surface area contributed by atoms with Gasteiger partial charge in [-0.05, 0) is 51.1 Å². The lowest BCUT2D eigenvalue weighted by Gasteiger charge is -2.38. The van der Waals surface area contributed by atoms with E-state index in [4.69, 9.17) is 5.41 Å². The van der Waals surface area contributed by atoms with Crippen molar-refractivity contribution in [2.75, 3.05) is 16.8 Å². The molecule has 1 amide bonds. The first-order valence-electron chi connectivity index (χ1n) is 9.81. The van der Waals surface area contributed by atoms with Crippen LogP contribution in [0.5, 0.6) is 5.75 Å². The molecule has 2 aromatic carbocycles. The lowest BCUT2D eigenvalue weighted by Crippen LogP contribution is -2.61. The first-order chi connectivity index (χ1) is 14.9. The van der Waals surface area contributed by atoms with Crippen LogP contribution in [-0.2, 0) is 10.8 Å². The highest BCUT2D eigenvalue weighted by Crippen LogP contribution is 2.29. The number of carbonyl (C=O) groups excluding carboxylic acids is 1. The highest BCUT2D eigenvalue weighted by Gasteiger charge is 2.39. The van der Waals surface area contributed by atoms with Gasteiger partial charge in [-0.1, -0.05) is 6.07 Å². The third-order valence-electron chi connectivity index (χ3n) is 4.88. The van der Waals surface area contributed by atoms with Crippen LogP contribution in [0.15, 0.2) is 42.5 Å². The molecule has 0 spiro atoms. The van der Waals surface area contributed by atoms with E-state index in [0.29, 0.717) is 22.9 Å². The van der Waals surface area contributed by atoms with Gasteiger partial charge in [0.05, 0.1) is 11.3 Å². The minimum absolute atomic E-state index is 0.0359. The van der Waals surface area contributed by atoms with Crippen molar-refractivity contribution < 1.29 is 27.6 Å². The van der Waals surface area contributed by atoms with Gasteiger partial charge in [-0.15, -0.1) is 0 Å². The smallest absolute Gasteiger partial charge is 0.387 e. The van der Waals surface area contributed by atoms with Crippen LogP contribution >= 0.6 is 0 Å². The molecule has 0 atom stereocenters. The van der Waals surface area contributed by atoms with Gasteiger partial charge in [-0.2, -0.15) is 8.78 Å². The van der Waals surface area contributed by atoms with E-state index in [1.54, 1.807) is 18.2 Å². The fourth-order valence-corrected chi connectivity index (χ4v) is 4.80. The molecular formula is C22H25F2N3O4S. The maximum absolute atomic E-state index is 12.8. The molecule has 1 aliphatic heterocycles. The van der Waals surface area contributed by atoms with E-state index in [1.807, 2.05) is 6.92 Å². The van der Waals surface area contributed by atoms with E-state index < -0.39 is 28.6 Å². The number of benzene rings is 2. The van der Waals surface area contributed by atoms with E-state index in [2.05, 4.69) is 15.4 Å². The highest BCUT2D eigenvalue weighted by molar-refractivity contribution is 7.86. The van der Waals surface area contributed by atoms with Crippen molar-refractivity contribution in [1.82, 2.24) is 5.32 Å². The Morgan fingerprint density at radius 3 is 2.53 bits per heavy atom. The third kappa shape index (κ3) is 5.68. The molecule has 172 valence electrons. The van der Waals surface area contributed by atoms with Crippen LogP contribution < -0.4 is 15.4 Å². The molecule has 1 saturated heterocycles. The van der Waals surface area contributed by atoms with Crippen LogP contribution in [-0.4, -0.2) is 50.2 Å². The number of amides is 1. The Morgan fingerprint density at radius 2 is 1.94 bits per heavy atom. The number of aliphatic hydroxyl groups is 1. The summed E-state index contributed by atoms with van der Waals surface area (Å²) < 4.78 is 40.9. The summed E-state index contributed by atoms with van der Waals surface area (Å²) in [7, 11) is -0.939. The number of hydrogen-bond donors (Lipinski definition) is 4. The molecule has 4 N–H and O–H groups in total. The van der Waals surface area contributed by atoms with Crippen molar-refractivity contribution in [2.45, 2.75) is 38.5 Å². The van der Waals surface area contributed by atoms with Crippen molar-refractivity contribution in [3.05, 3.63) is 53.6 Å². The van der Waals surface area contributed by atoms with Crippen molar-refractivity contribution >= 4 is 33.8 Å². The van der Waals surface area contributed by atoms with E-state index in [-0.39, 0.29) is 28.5 Å². The summed E-state index contributed by atoms with van der Waals surface area (Å²) in [6.45, 7) is 1.76. The number of ether oxygens (including phenoxy) is 1. The van der Waals surface area contributed by atoms with Gasteiger partial charge >= 0.3 is 6.61 Å². The molecule has 32 heavy (non-hydrogen) atoms. The zero-order chi connectivity index (χ0) is 23.7. The van der Waals surface area contributed by atoms with Crippen molar-refractivity contribution in [2.24, 2.45) is 0 Å². The van der Waals surface area contributed by atoms with Gasteiger partial charge in [-0.25, -0.2) is 0 Å². The van der Waals surface area contributed by atoms with Crippen molar-refractivity contribution in [3.8, 4) is 5.75 Å². The summed E-state index contributed by atoms with van der Waals surface area (Å²) in [5.74, 6) is 0.336. The monoisotopic (exact) mass is 465 g/mol. The van der Waals surface area contributed by atoms with Gasteiger partial charge in [0.1, 0.15) is 11.4 Å². The molecule has 2 aromatic rings. The van der Waals surface area contributed by atoms with Crippen LogP contribution in [0.1, 0.15) is 36.7 Å². The van der Waals surface area contributed by atoms with Crippen LogP contribution in [0.2, 0.25) is 0 Å².